The fraction of sp³-hybridized carbons (Fsp3) is 0.438. The molecule has 0 spiro atoms. The van der Waals surface area contributed by atoms with Gasteiger partial charge in [-0.05, 0) is 19.2 Å². The van der Waals surface area contributed by atoms with Gasteiger partial charge >= 0.3 is 0 Å². The fourth-order valence-electron chi connectivity index (χ4n) is 2.71. The van der Waals surface area contributed by atoms with E-state index in [1.54, 1.807) is 19.2 Å². The largest absolute Gasteiger partial charge is 0.496 e. The average Bonchev–Trinajstić information content (AvgIpc) is 2.54. The molecule has 1 aliphatic rings. The molecule has 0 atom stereocenters. The summed E-state index contributed by atoms with van der Waals surface area (Å²) in [7, 11) is 5.18. The summed E-state index contributed by atoms with van der Waals surface area (Å²) in [6.45, 7) is 3.54. The molecule has 3 rings (SSSR count). The number of fused-ring (bicyclic) bond motifs is 1. The highest BCUT2D eigenvalue weighted by Crippen LogP contribution is 2.33. The van der Waals surface area contributed by atoms with Crippen LogP contribution in [-0.4, -0.2) is 52.3 Å². The van der Waals surface area contributed by atoms with Gasteiger partial charge in [0.2, 0.25) is 0 Å². The molecule has 1 aromatic carbocycles. The topological polar surface area (TPSA) is 55.2 Å². The maximum Gasteiger partial charge on any atom is 0.200 e. The molecule has 0 aliphatic carbocycles. The summed E-state index contributed by atoms with van der Waals surface area (Å²) < 4.78 is 16.6. The van der Waals surface area contributed by atoms with Crippen molar-refractivity contribution in [2.75, 3.05) is 52.3 Å². The van der Waals surface area contributed by atoms with Crippen molar-refractivity contribution in [2.45, 2.75) is 0 Å². The Morgan fingerprint density at radius 1 is 1.05 bits per heavy atom. The van der Waals surface area contributed by atoms with Crippen LogP contribution in [0, 0.1) is 0 Å². The summed E-state index contributed by atoms with van der Waals surface area (Å²) >= 11 is 0. The van der Waals surface area contributed by atoms with E-state index in [1.807, 2.05) is 0 Å². The summed E-state index contributed by atoms with van der Waals surface area (Å²) in [4.78, 5) is 16.9. The van der Waals surface area contributed by atoms with E-state index in [0.717, 1.165) is 26.2 Å². The first-order valence-corrected chi connectivity index (χ1v) is 7.26. The zero-order chi connectivity index (χ0) is 15.7. The third kappa shape index (κ3) is 2.50. The minimum Gasteiger partial charge on any atom is -0.496 e. The van der Waals surface area contributed by atoms with Gasteiger partial charge in [-0.1, -0.05) is 0 Å². The first-order valence-electron chi connectivity index (χ1n) is 7.26. The van der Waals surface area contributed by atoms with Crippen molar-refractivity contribution in [3.05, 3.63) is 28.4 Å². The number of hydrogen-bond acceptors (Lipinski definition) is 6. The Bertz CT molecular complexity index is 733. The normalized spacial score (nSPS) is 16.0. The van der Waals surface area contributed by atoms with Crippen LogP contribution in [-0.2, 0) is 0 Å². The molecule has 0 unspecified atom stereocenters. The average molecular weight is 304 g/mol. The van der Waals surface area contributed by atoms with E-state index in [9.17, 15) is 4.79 Å². The number of piperazine rings is 1. The number of hydrogen-bond donors (Lipinski definition) is 0. The Morgan fingerprint density at radius 2 is 1.68 bits per heavy atom. The van der Waals surface area contributed by atoms with Gasteiger partial charge in [0.25, 0.3) is 0 Å². The molecule has 6 nitrogen and oxygen atoms in total. The van der Waals surface area contributed by atoms with E-state index in [0.29, 0.717) is 28.4 Å². The lowest BCUT2D eigenvalue weighted by molar-refractivity contribution is 0.306. The molecule has 0 N–H and O–H groups in total. The molecule has 0 bridgehead atoms. The molecular weight excluding hydrogens is 284 g/mol. The number of likely N-dealkylation sites (N-methyl/N-ethyl adjacent to an activating group) is 1. The number of ether oxygens (including phenoxy) is 2. The minimum absolute atomic E-state index is 0.120. The highest BCUT2D eigenvalue weighted by atomic mass is 16.5. The first kappa shape index (κ1) is 14.7. The zero-order valence-corrected chi connectivity index (χ0v) is 13.1. The predicted octanol–water partition coefficient (Wildman–Crippen LogP) is 1.56. The third-order valence-electron chi connectivity index (χ3n) is 4.05. The van der Waals surface area contributed by atoms with Crippen LogP contribution in [0.3, 0.4) is 0 Å². The molecule has 2 heterocycles. The van der Waals surface area contributed by atoms with Crippen LogP contribution in [0.4, 0.5) is 5.88 Å². The van der Waals surface area contributed by atoms with Gasteiger partial charge in [0.1, 0.15) is 11.1 Å². The third-order valence-corrected chi connectivity index (χ3v) is 4.05. The molecule has 118 valence electrons. The van der Waals surface area contributed by atoms with Crippen LogP contribution in [0.5, 0.6) is 11.5 Å². The fourth-order valence-corrected chi connectivity index (χ4v) is 2.71. The van der Waals surface area contributed by atoms with Gasteiger partial charge < -0.3 is 23.7 Å². The lowest BCUT2D eigenvalue weighted by atomic mass is 10.2. The maximum atomic E-state index is 12.5. The van der Waals surface area contributed by atoms with Crippen molar-refractivity contribution < 1.29 is 13.9 Å². The molecule has 0 saturated carbocycles. The molecule has 0 amide bonds. The number of rotatable bonds is 3. The second-order valence-electron chi connectivity index (χ2n) is 5.41. The standard InChI is InChI=1S/C16H20N2O4/c1-17-6-8-18(9-7-17)14-10-11(19)15-12(20-2)4-5-13(21-3)16(15)22-14/h4-5,10H,6-9H2,1-3H3. The molecule has 1 aliphatic heterocycles. The lowest BCUT2D eigenvalue weighted by Crippen LogP contribution is -2.44. The van der Waals surface area contributed by atoms with E-state index < -0.39 is 0 Å². The van der Waals surface area contributed by atoms with E-state index in [4.69, 9.17) is 13.9 Å². The highest BCUT2D eigenvalue weighted by Gasteiger charge is 2.20. The van der Waals surface area contributed by atoms with E-state index in [2.05, 4.69) is 16.8 Å². The maximum absolute atomic E-state index is 12.5. The molecule has 2 aromatic rings. The second-order valence-corrected chi connectivity index (χ2v) is 5.41. The molecule has 22 heavy (non-hydrogen) atoms. The lowest BCUT2D eigenvalue weighted by Gasteiger charge is -2.32. The smallest absolute Gasteiger partial charge is 0.200 e. The molecule has 0 radical (unpaired) electrons. The van der Waals surface area contributed by atoms with Crippen LogP contribution >= 0.6 is 0 Å². The van der Waals surface area contributed by atoms with Gasteiger partial charge in [-0.2, -0.15) is 0 Å². The first-order chi connectivity index (χ1) is 10.6. The number of benzene rings is 1. The van der Waals surface area contributed by atoms with E-state index in [1.165, 1.54) is 13.2 Å². The summed E-state index contributed by atoms with van der Waals surface area (Å²) in [5.74, 6) is 1.61. The van der Waals surface area contributed by atoms with Crippen molar-refractivity contribution >= 4 is 16.9 Å². The predicted molar refractivity (Wildman–Crippen MR) is 85.3 cm³/mol. The quantitative estimate of drug-likeness (QED) is 0.858. The van der Waals surface area contributed by atoms with E-state index in [-0.39, 0.29) is 5.43 Å². The van der Waals surface area contributed by atoms with Gasteiger partial charge in [-0.3, -0.25) is 4.79 Å². The Kier molecular flexibility index (Phi) is 3.94. The Labute approximate surface area is 128 Å². The number of anilines is 1. The Balaban J connectivity index is 2.13. The van der Waals surface area contributed by atoms with Crippen LogP contribution in [0.25, 0.3) is 11.0 Å². The van der Waals surface area contributed by atoms with Gasteiger partial charge in [-0.25, -0.2) is 0 Å². The van der Waals surface area contributed by atoms with Gasteiger partial charge in [0.05, 0.1) is 14.2 Å². The van der Waals surface area contributed by atoms with Crippen molar-refractivity contribution in [1.29, 1.82) is 0 Å². The summed E-state index contributed by atoms with van der Waals surface area (Å²) in [5.41, 5.74) is 0.314. The SMILES string of the molecule is COc1ccc(OC)c2c(=O)cc(N3CCN(C)CC3)oc12. The van der Waals surface area contributed by atoms with Crippen LogP contribution in [0.1, 0.15) is 0 Å². The van der Waals surface area contributed by atoms with E-state index >= 15 is 0 Å². The monoisotopic (exact) mass is 304 g/mol. The van der Waals surface area contributed by atoms with Crippen LogP contribution in [0.2, 0.25) is 0 Å². The van der Waals surface area contributed by atoms with Crippen molar-refractivity contribution in [2.24, 2.45) is 0 Å². The van der Waals surface area contributed by atoms with Crippen LogP contribution in [0.15, 0.2) is 27.4 Å². The second kappa shape index (κ2) is 5.88. The number of methoxy groups -OCH3 is 2. The Hall–Kier alpha value is -2.21. The van der Waals surface area contributed by atoms with Crippen molar-refractivity contribution in [3.63, 3.8) is 0 Å². The molecule has 6 heteroatoms. The van der Waals surface area contributed by atoms with Gasteiger partial charge in [0, 0.05) is 32.2 Å². The molecular formula is C16H20N2O4. The molecule has 1 saturated heterocycles. The summed E-state index contributed by atoms with van der Waals surface area (Å²) in [6.07, 6.45) is 0. The van der Waals surface area contributed by atoms with Crippen molar-refractivity contribution in [3.8, 4) is 11.5 Å². The Morgan fingerprint density at radius 3 is 2.32 bits per heavy atom. The van der Waals surface area contributed by atoms with Crippen LogP contribution < -0.4 is 19.8 Å². The number of nitrogens with zero attached hydrogens (tertiary/aromatic N) is 2. The molecule has 1 aromatic heterocycles. The summed E-state index contributed by atoms with van der Waals surface area (Å²) in [6, 6.07) is 5.00. The van der Waals surface area contributed by atoms with Crippen molar-refractivity contribution in [1.82, 2.24) is 4.90 Å². The molecule has 1 fully saturated rings. The van der Waals surface area contributed by atoms with Gasteiger partial charge in [0.15, 0.2) is 22.6 Å². The van der Waals surface area contributed by atoms with Gasteiger partial charge in [-0.15, -0.1) is 0 Å². The minimum atomic E-state index is -0.120. The summed E-state index contributed by atoms with van der Waals surface area (Å²) in [5, 5.41) is 0.416. The zero-order valence-electron chi connectivity index (χ0n) is 13.1. The highest BCUT2D eigenvalue weighted by molar-refractivity contribution is 5.89.